The molecule has 6 heteroatoms. The van der Waals surface area contributed by atoms with Crippen LogP contribution in [-0.4, -0.2) is 47.6 Å². The molecule has 2 bridgehead atoms. The van der Waals surface area contributed by atoms with Gasteiger partial charge in [0.2, 0.25) is 5.91 Å². The Balaban J connectivity index is 1.55. The number of carbonyl (C=O) groups is 2. The van der Waals surface area contributed by atoms with Crippen molar-refractivity contribution in [1.82, 2.24) is 10.2 Å². The molecule has 2 N–H and O–H groups in total. The van der Waals surface area contributed by atoms with E-state index in [4.69, 9.17) is 0 Å². The van der Waals surface area contributed by atoms with E-state index in [2.05, 4.69) is 10.6 Å². The second kappa shape index (κ2) is 5.59. The second-order valence-corrected chi connectivity index (χ2v) is 7.24. The third kappa shape index (κ3) is 2.61. The first-order valence-corrected chi connectivity index (χ1v) is 8.79. The molecule has 5 nitrogen and oxygen atoms in total. The lowest BCUT2D eigenvalue weighted by atomic mass is 10.1. The molecule has 2 saturated heterocycles. The van der Waals surface area contributed by atoms with Crippen molar-refractivity contribution in [3.05, 3.63) is 23.8 Å². The first kappa shape index (κ1) is 14.1. The summed E-state index contributed by atoms with van der Waals surface area (Å²) in [6.07, 6.45) is 3.42. The van der Waals surface area contributed by atoms with E-state index in [0.29, 0.717) is 23.4 Å². The number of hydrogen-bond donors (Lipinski definition) is 2. The number of rotatable bonds is 1. The quantitative estimate of drug-likeness (QED) is 0.827. The zero-order valence-corrected chi connectivity index (χ0v) is 13.1. The molecule has 0 aliphatic carbocycles. The third-order valence-corrected chi connectivity index (χ3v) is 5.74. The van der Waals surface area contributed by atoms with Crippen LogP contribution in [0.15, 0.2) is 23.1 Å². The molecule has 0 spiro atoms. The number of thioether (sulfide) groups is 1. The number of likely N-dealkylation sites (tertiary alicyclic amines) is 1. The summed E-state index contributed by atoms with van der Waals surface area (Å²) >= 11 is 1.52. The average molecular weight is 317 g/mol. The highest BCUT2D eigenvalue weighted by atomic mass is 32.2. The number of hydrogen-bond acceptors (Lipinski definition) is 4. The summed E-state index contributed by atoms with van der Waals surface area (Å²) < 4.78 is 0. The van der Waals surface area contributed by atoms with Crippen molar-refractivity contribution in [2.45, 2.75) is 36.2 Å². The van der Waals surface area contributed by atoms with Crippen LogP contribution in [0.2, 0.25) is 0 Å². The Hall–Kier alpha value is -1.53. The zero-order valence-electron chi connectivity index (χ0n) is 12.3. The zero-order chi connectivity index (χ0) is 15.1. The standard InChI is InChI=1S/C16H19N3O2S/c20-15-9-22-14-4-1-10(7-13(14)18-15)16(21)19-6-5-11-2-3-12(8-19)17-11/h1,4,7,11-12,17H,2-3,5-6,8-9H2,(H,18,20). The Morgan fingerprint density at radius 3 is 3.00 bits per heavy atom. The van der Waals surface area contributed by atoms with E-state index < -0.39 is 0 Å². The van der Waals surface area contributed by atoms with Crippen LogP contribution in [0, 0.1) is 0 Å². The van der Waals surface area contributed by atoms with Crippen LogP contribution in [0.1, 0.15) is 29.6 Å². The first-order valence-electron chi connectivity index (χ1n) is 7.81. The molecule has 0 aromatic heterocycles. The normalized spacial score (nSPS) is 27.1. The van der Waals surface area contributed by atoms with Crippen molar-refractivity contribution in [2.24, 2.45) is 0 Å². The molecular weight excluding hydrogens is 298 g/mol. The monoisotopic (exact) mass is 317 g/mol. The summed E-state index contributed by atoms with van der Waals surface area (Å²) in [6.45, 7) is 1.60. The molecule has 116 valence electrons. The van der Waals surface area contributed by atoms with Gasteiger partial charge >= 0.3 is 0 Å². The average Bonchev–Trinajstić information content (AvgIpc) is 2.85. The molecule has 1 aromatic rings. The number of amides is 2. The number of nitrogens with one attached hydrogen (secondary N) is 2. The summed E-state index contributed by atoms with van der Waals surface area (Å²) in [5.74, 6) is 0.515. The predicted molar refractivity (Wildman–Crippen MR) is 86.3 cm³/mol. The Morgan fingerprint density at radius 2 is 2.09 bits per heavy atom. The van der Waals surface area contributed by atoms with E-state index in [9.17, 15) is 9.59 Å². The molecule has 2 atom stereocenters. The summed E-state index contributed by atoms with van der Waals surface area (Å²) in [7, 11) is 0. The molecule has 3 aliphatic rings. The molecule has 22 heavy (non-hydrogen) atoms. The van der Waals surface area contributed by atoms with Gasteiger partial charge in [0.15, 0.2) is 0 Å². The lowest BCUT2D eigenvalue weighted by molar-refractivity contribution is -0.113. The summed E-state index contributed by atoms with van der Waals surface area (Å²) in [5.41, 5.74) is 1.43. The van der Waals surface area contributed by atoms with E-state index in [1.165, 1.54) is 18.2 Å². The van der Waals surface area contributed by atoms with Gasteiger partial charge in [-0.2, -0.15) is 0 Å². The topological polar surface area (TPSA) is 61.4 Å². The lowest BCUT2D eigenvalue weighted by Crippen LogP contribution is -2.39. The van der Waals surface area contributed by atoms with Crippen molar-refractivity contribution < 1.29 is 9.59 Å². The largest absolute Gasteiger partial charge is 0.337 e. The van der Waals surface area contributed by atoms with Gasteiger partial charge in [-0.3, -0.25) is 9.59 Å². The summed E-state index contributed by atoms with van der Waals surface area (Å²) in [6, 6.07) is 6.64. The molecule has 2 amide bonds. The van der Waals surface area contributed by atoms with Gasteiger partial charge < -0.3 is 15.5 Å². The Kier molecular flexibility index (Phi) is 3.58. The van der Waals surface area contributed by atoms with Crippen molar-refractivity contribution >= 4 is 29.3 Å². The smallest absolute Gasteiger partial charge is 0.253 e. The molecule has 3 heterocycles. The third-order valence-electron chi connectivity index (χ3n) is 4.67. The fraction of sp³-hybridized carbons (Fsp3) is 0.500. The molecule has 0 saturated carbocycles. The molecule has 3 aliphatic heterocycles. The molecule has 1 aromatic carbocycles. The number of benzene rings is 1. The van der Waals surface area contributed by atoms with Crippen LogP contribution in [0.4, 0.5) is 5.69 Å². The van der Waals surface area contributed by atoms with Gasteiger partial charge in [-0.25, -0.2) is 0 Å². The van der Waals surface area contributed by atoms with Gasteiger partial charge in [0.25, 0.3) is 5.91 Å². The van der Waals surface area contributed by atoms with Crippen LogP contribution >= 0.6 is 11.8 Å². The van der Waals surface area contributed by atoms with E-state index in [0.717, 1.165) is 36.5 Å². The van der Waals surface area contributed by atoms with E-state index >= 15 is 0 Å². The lowest BCUT2D eigenvalue weighted by Gasteiger charge is -2.25. The highest BCUT2D eigenvalue weighted by Gasteiger charge is 2.31. The number of nitrogens with zero attached hydrogens (tertiary/aromatic N) is 1. The molecule has 2 fully saturated rings. The second-order valence-electron chi connectivity index (χ2n) is 6.23. The van der Waals surface area contributed by atoms with E-state index in [1.807, 2.05) is 23.1 Å². The summed E-state index contributed by atoms with van der Waals surface area (Å²) in [5, 5.41) is 6.45. The highest BCUT2D eigenvalue weighted by Crippen LogP contribution is 2.32. The highest BCUT2D eigenvalue weighted by molar-refractivity contribution is 8.00. The van der Waals surface area contributed by atoms with Gasteiger partial charge in [-0.05, 0) is 37.5 Å². The SMILES string of the molecule is O=C1CSc2ccc(C(=O)N3CCC4CCC(C3)N4)cc2N1. The maximum absolute atomic E-state index is 12.8. The Morgan fingerprint density at radius 1 is 1.23 bits per heavy atom. The maximum atomic E-state index is 12.8. The van der Waals surface area contributed by atoms with Crippen molar-refractivity contribution in [2.75, 3.05) is 24.2 Å². The number of fused-ring (bicyclic) bond motifs is 3. The fourth-order valence-corrected chi connectivity index (χ4v) is 4.31. The number of anilines is 1. The van der Waals surface area contributed by atoms with Gasteiger partial charge in [0.05, 0.1) is 11.4 Å². The maximum Gasteiger partial charge on any atom is 0.253 e. The van der Waals surface area contributed by atoms with Crippen LogP contribution in [0.25, 0.3) is 0 Å². The minimum absolute atomic E-state index is 0.00150. The summed E-state index contributed by atoms with van der Waals surface area (Å²) in [4.78, 5) is 27.3. The Labute approximate surface area is 133 Å². The van der Waals surface area contributed by atoms with E-state index in [1.54, 1.807) is 0 Å². The van der Waals surface area contributed by atoms with Crippen LogP contribution < -0.4 is 10.6 Å². The van der Waals surface area contributed by atoms with Crippen LogP contribution in [0.5, 0.6) is 0 Å². The van der Waals surface area contributed by atoms with Crippen molar-refractivity contribution in [3.63, 3.8) is 0 Å². The van der Waals surface area contributed by atoms with Gasteiger partial charge in [0.1, 0.15) is 0 Å². The van der Waals surface area contributed by atoms with Gasteiger partial charge in [0, 0.05) is 35.6 Å². The van der Waals surface area contributed by atoms with Crippen LogP contribution in [-0.2, 0) is 4.79 Å². The van der Waals surface area contributed by atoms with E-state index in [-0.39, 0.29) is 11.8 Å². The van der Waals surface area contributed by atoms with Gasteiger partial charge in [-0.15, -0.1) is 11.8 Å². The Bertz CT molecular complexity index is 634. The molecule has 0 radical (unpaired) electrons. The minimum atomic E-state index is -0.00150. The minimum Gasteiger partial charge on any atom is -0.337 e. The molecule has 4 rings (SSSR count). The van der Waals surface area contributed by atoms with Crippen LogP contribution in [0.3, 0.4) is 0 Å². The fourth-order valence-electron chi connectivity index (χ4n) is 3.53. The van der Waals surface area contributed by atoms with Crippen molar-refractivity contribution in [1.29, 1.82) is 0 Å². The predicted octanol–water partition coefficient (Wildman–Crippen LogP) is 1.70. The van der Waals surface area contributed by atoms with Crippen molar-refractivity contribution in [3.8, 4) is 0 Å². The number of carbonyl (C=O) groups excluding carboxylic acids is 2. The van der Waals surface area contributed by atoms with Gasteiger partial charge in [-0.1, -0.05) is 0 Å². The first-order chi connectivity index (χ1) is 10.7. The molecular formula is C16H19N3O2S. The molecule has 2 unspecified atom stereocenters.